The van der Waals surface area contributed by atoms with Gasteiger partial charge in [0.2, 0.25) is 11.8 Å². The lowest BCUT2D eigenvalue weighted by Gasteiger charge is -2.36. The maximum Gasteiger partial charge on any atom is 0.331 e. The fraction of sp³-hybridized carbons (Fsp3) is 0.577. The Morgan fingerprint density at radius 2 is 1.73 bits per heavy atom. The summed E-state index contributed by atoms with van der Waals surface area (Å²) in [7, 11) is 3.41. The van der Waals surface area contributed by atoms with Gasteiger partial charge in [0.15, 0.2) is 0 Å². The van der Waals surface area contributed by atoms with Gasteiger partial charge in [-0.2, -0.15) is 0 Å². The molecule has 0 saturated carbocycles. The van der Waals surface area contributed by atoms with E-state index in [0.29, 0.717) is 12.8 Å². The van der Waals surface area contributed by atoms with E-state index >= 15 is 0 Å². The second-order valence-electron chi connectivity index (χ2n) is 9.50. The van der Waals surface area contributed by atoms with E-state index in [2.05, 4.69) is 10.6 Å². The summed E-state index contributed by atoms with van der Waals surface area (Å²) in [4.78, 5) is 39.6. The summed E-state index contributed by atoms with van der Waals surface area (Å²) in [6, 6.07) is 8.16. The lowest BCUT2D eigenvalue weighted by Crippen LogP contribution is -2.58. The van der Waals surface area contributed by atoms with Crippen LogP contribution in [0, 0.1) is 5.92 Å². The van der Waals surface area contributed by atoms with Gasteiger partial charge in [0.1, 0.15) is 6.04 Å². The number of carboxylic acids is 1. The average molecular weight is 460 g/mol. The molecule has 0 spiro atoms. The van der Waals surface area contributed by atoms with Gasteiger partial charge < -0.3 is 20.6 Å². The van der Waals surface area contributed by atoms with Gasteiger partial charge in [-0.05, 0) is 31.9 Å². The van der Waals surface area contributed by atoms with Gasteiger partial charge >= 0.3 is 5.97 Å². The first kappa shape index (κ1) is 28.4. The minimum atomic E-state index is -1.01. The molecule has 1 rings (SSSR count). The van der Waals surface area contributed by atoms with Crippen molar-refractivity contribution in [2.75, 3.05) is 14.1 Å². The molecule has 7 nitrogen and oxygen atoms in total. The highest BCUT2D eigenvalue weighted by Gasteiger charge is 2.38. The third kappa shape index (κ3) is 7.42. The first-order chi connectivity index (χ1) is 15.4. The van der Waals surface area contributed by atoms with Crippen LogP contribution in [-0.2, 0) is 19.8 Å². The van der Waals surface area contributed by atoms with Crippen molar-refractivity contribution in [1.29, 1.82) is 0 Å². The van der Waals surface area contributed by atoms with Gasteiger partial charge in [-0.15, -0.1) is 0 Å². The average Bonchev–Trinajstić information content (AvgIpc) is 2.76. The summed E-state index contributed by atoms with van der Waals surface area (Å²) >= 11 is 0. The number of nitrogens with zero attached hydrogens (tertiary/aromatic N) is 1. The smallest absolute Gasteiger partial charge is 0.331 e. The molecule has 3 atom stereocenters. The fourth-order valence-electron chi connectivity index (χ4n) is 4.13. The number of benzene rings is 1. The van der Waals surface area contributed by atoms with E-state index in [0.717, 1.165) is 5.56 Å². The molecule has 1 aromatic carbocycles. The molecular formula is C26H41N3O4. The molecular weight excluding hydrogens is 418 g/mol. The van der Waals surface area contributed by atoms with Crippen LogP contribution in [0.15, 0.2) is 42.0 Å². The summed E-state index contributed by atoms with van der Waals surface area (Å²) in [6.45, 7) is 11.4. The van der Waals surface area contributed by atoms with E-state index < -0.39 is 29.5 Å². The zero-order valence-corrected chi connectivity index (χ0v) is 21.3. The molecule has 0 aliphatic carbocycles. The molecule has 0 bridgehead atoms. The zero-order chi connectivity index (χ0) is 25.3. The van der Waals surface area contributed by atoms with Gasteiger partial charge in [0.05, 0.1) is 12.1 Å². The fourth-order valence-corrected chi connectivity index (χ4v) is 4.13. The maximum absolute atomic E-state index is 13.4. The minimum absolute atomic E-state index is 0.00768. The molecule has 2 amide bonds. The van der Waals surface area contributed by atoms with Crippen LogP contribution in [0.25, 0.3) is 0 Å². The quantitative estimate of drug-likeness (QED) is 0.416. The SMILES string of the molecule is CCC[C@H](NC(=O)[C@@H](NC)C(C)(C)c1ccccc1)C(=O)N(C)[C@H](/C=C(\C)C(=O)O)C(C)C. The van der Waals surface area contributed by atoms with Crippen molar-refractivity contribution < 1.29 is 19.5 Å². The number of hydrogen-bond donors (Lipinski definition) is 3. The number of rotatable bonds is 12. The number of carboxylic acid groups (broad SMARTS) is 1. The number of carbonyl (C=O) groups is 3. The standard InChI is InChI=1S/C26H41N3O4/c1-9-13-20(24(31)29(8)21(17(2)3)16-18(4)25(32)33)28-23(30)22(27-7)26(5,6)19-14-11-10-12-15-19/h10-12,14-17,20-22,27H,9,13H2,1-8H3,(H,28,30)(H,32,33)/b18-16+/t20-,21+,22+/m0/s1. The molecule has 0 saturated heterocycles. The van der Waals surface area contributed by atoms with Crippen LogP contribution in [0.3, 0.4) is 0 Å². The van der Waals surface area contributed by atoms with Crippen molar-refractivity contribution in [3.05, 3.63) is 47.5 Å². The molecule has 3 N–H and O–H groups in total. The molecule has 33 heavy (non-hydrogen) atoms. The van der Waals surface area contributed by atoms with Crippen molar-refractivity contribution in [2.45, 2.75) is 77.9 Å². The molecule has 0 fully saturated rings. The Bertz CT molecular complexity index is 833. The van der Waals surface area contributed by atoms with Crippen LogP contribution < -0.4 is 10.6 Å². The summed E-state index contributed by atoms with van der Waals surface area (Å²) in [5, 5.41) is 15.4. The monoisotopic (exact) mass is 459 g/mol. The van der Waals surface area contributed by atoms with Gasteiger partial charge in [0, 0.05) is 18.0 Å². The summed E-state index contributed by atoms with van der Waals surface area (Å²) in [5.74, 6) is -1.48. The summed E-state index contributed by atoms with van der Waals surface area (Å²) < 4.78 is 0. The molecule has 1 aromatic rings. The Morgan fingerprint density at radius 3 is 2.18 bits per heavy atom. The number of amides is 2. The Morgan fingerprint density at radius 1 is 1.15 bits per heavy atom. The first-order valence-corrected chi connectivity index (χ1v) is 11.6. The van der Waals surface area contributed by atoms with E-state index in [9.17, 15) is 19.5 Å². The van der Waals surface area contributed by atoms with Gasteiger partial charge in [0.25, 0.3) is 0 Å². The van der Waals surface area contributed by atoms with Crippen LogP contribution >= 0.6 is 0 Å². The molecule has 0 aliphatic heterocycles. The highest BCUT2D eigenvalue weighted by atomic mass is 16.4. The third-order valence-electron chi connectivity index (χ3n) is 6.22. The zero-order valence-electron chi connectivity index (χ0n) is 21.3. The third-order valence-corrected chi connectivity index (χ3v) is 6.22. The van der Waals surface area contributed by atoms with Gasteiger partial charge in [-0.25, -0.2) is 4.79 Å². The largest absolute Gasteiger partial charge is 0.478 e. The molecule has 0 heterocycles. The minimum Gasteiger partial charge on any atom is -0.478 e. The Balaban J connectivity index is 3.15. The first-order valence-electron chi connectivity index (χ1n) is 11.6. The molecule has 0 radical (unpaired) electrons. The van der Waals surface area contributed by atoms with E-state index in [4.69, 9.17) is 0 Å². The molecule has 7 heteroatoms. The second-order valence-corrected chi connectivity index (χ2v) is 9.50. The normalized spacial score (nSPS) is 15.0. The van der Waals surface area contributed by atoms with E-state index in [1.165, 1.54) is 6.92 Å². The van der Waals surface area contributed by atoms with Crippen LogP contribution in [-0.4, -0.2) is 60.0 Å². The van der Waals surface area contributed by atoms with Crippen LogP contribution in [0.2, 0.25) is 0 Å². The number of carbonyl (C=O) groups excluding carboxylic acids is 2. The van der Waals surface area contributed by atoms with Crippen molar-refractivity contribution >= 4 is 17.8 Å². The van der Waals surface area contributed by atoms with Gasteiger partial charge in [-0.1, -0.05) is 77.4 Å². The van der Waals surface area contributed by atoms with Crippen molar-refractivity contribution in [2.24, 2.45) is 5.92 Å². The number of aliphatic carboxylic acids is 1. The molecule has 0 unspecified atom stereocenters. The topological polar surface area (TPSA) is 98.7 Å². The van der Waals surface area contributed by atoms with Crippen molar-refractivity contribution in [3.63, 3.8) is 0 Å². The molecule has 184 valence electrons. The van der Waals surface area contributed by atoms with Crippen molar-refractivity contribution in [1.82, 2.24) is 15.5 Å². The Labute approximate surface area is 198 Å². The highest BCUT2D eigenvalue weighted by Crippen LogP contribution is 2.27. The Kier molecular flexibility index (Phi) is 10.8. The second kappa shape index (κ2) is 12.5. The van der Waals surface area contributed by atoms with Crippen LogP contribution in [0.1, 0.15) is 59.9 Å². The molecule has 0 aliphatic rings. The number of hydrogen-bond acceptors (Lipinski definition) is 4. The van der Waals surface area contributed by atoms with Crippen molar-refractivity contribution in [3.8, 4) is 0 Å². The Hall–Kier alpha value is -2.67. The summed E-state index contributed by atoms with van der Waals surface area (Å²) in [5.41, 5.74) is 0.696. The lowest BCUT2D eigenvalue weighted by molar-refractivity contribution is -0.138. The number of likely N-dealkylation sites (N-methyl/N-ethyl adjacent to an activating group) is 2. The van der Waals surface area contributed by atoms with Crippen LogP contribution in [0.4, 0.5) is 0 Å². The molecule has 0 aromatic heterocycles. The lowest BCUT2D eigenvalue weighted by atomic mass is 9.77. The van der Waals surface area contributed by atoms with Crippen LogP contribution in [0.5, 0.6) is 0 Å². The van der Waals surface area contributed by atoms with E-state index in [1.54, 1.807) is 25.1 Å². The van der Waals surface area contributed by atoms with E-state index in [1.807, 2.05) is 65.0 Å². The highest BCUT2D eigenvalue weighted by molar-refractivity contribution is 5.91. The predicted molar refractivity (Wildman–Crippen MR) is 132 cm³/mol. The summed E-state index contributed by atoms with van der Waals surface area (Å²) in [6.07, 6.45) is 2.81. The van der Waals surface area contributed by atoms with Gasteiger partial charge in [-0.3, -0.25) is 9.59 Å². The number of nitrogens with one attached hydrogen (secondary N) is 2. The maximum atomic E-state index is 13.4. The van der Waals surface area contributed by atoms with E-state index in [-0.39, 0.29) is 23.3 Å². The predicted octanol–water partition coefficient (Wildman–Crippen LogP) is 3.35.